The maximum absolute atomic E-state index is 5.51. The molecule has 2 saturated heterocycles. The summed E-state index contributed by atoms with van der Waals surface area (Å²) in [5.41, 5.74) is 0. The first-order chi connectivity index (χ1) is 6.86. The maximum Gasteiger partial charge on any atom is 0.0601 e. The summed E-state index contributed by atoms with van der Waals surface area (Å²) < 4.78 is 5.51. The van der Waals surface area contributed by atoms with Crippen molar-refractivity contribution < 1.29 is 4.74 Å². The molecule has 0 aromatic carbocycles. The van der Waals surface area contributed by atoms with Gasteiger partial charge in [0.15, 0.2) is 0 Å². The van der Waals surface area contributed by atoms with Gasteiger partial charge in [0.1, 0.15) is 0 Å². The van der Waals surface area contributed by atoms with E-state index in [1.54, 1.807) is 0 Å². The molecule has 0 aromatic rings. The van der Waals surface area contributed by atoms with E-state index in [1.807, 2.05) is 7.11 Å². The van der Waals surface area contributed by atoms with Crippen molar-refractivity contribution in [3.05, 3.63) is 0 Å². The van der Waals surface area contributed by atoms with Crippen molar-refractivity contribution in [1.29, 1.82) is 0 Å². The SMILES string of the molecule is COC1CC2CCC(C1)N2CC1CC1. The van der Waals surface area contributed by atoms with Crippen LogP contribution in [0.2, 0.25) is 0 Å². The molecule has 0 amide bonds. The number of ether oxygens (including phenoxy) is 1. The molecule has 3 fully saturated rings. The van der Waals surface area contributed by atoms with Gasteiger partial charge in [0.25, 0.3) is 0 Å². The third kappa shape index (κ3) is 1.59. The van der Waals surface area contributed by atoms with Crippen molar-refractivity contribution in [1.82, 2.24) is 4.90 Å². The highest BCUT2D eigenvalue weighted by atomic mass is 16.5. The second-order valence-corrected chi connectivity index (χ2v) is 5.35. The molecule has 3 aliphatic rings. The Kier molecular flexibility index (Phi) is 2.29. The Balaban J connectivity index is 1.64. The van der Waals surface area contributed by atoms with Gasteiger partial charge in [-0.15, -0.1) is 0 Å². The van der Waals surface area contributed by atoms with Crippen LogP contribution in [0, 0.1) is 5.92 Å². The van der Waals surface area contributed by atoms with E-state index >= 15 is 0 Å². The molecule has 2 nitrogen and oxygen atoms in total. The first-order valence-corrected chi connectivity index (χ1v) is 6.15. The Hall–Kier alpha value is -0.0800. The van der Waals surface area contributed by atoms with E-state index in [-0.39, 0.29) is 0 Å². The van der Waals surface area contributed by atoms with Gasteiger partial charge in [-0.1, -0.05) is 0 Å². The molecule has 2 heterocycles. The number of rotatable bonds is 3. The van der Waals surface area contributed by atoms with Crippen LogP contribution >= 0.6 is 0 Å². The van der Waals surface area contributed by atoms with Gasteiger partial charge in [0.2, 0.25) is 0 Å². The quantitative estimate of drug-likeness (QED) is 0.683. The van der Waals surface area contributed by atoms with Crippen LogP contribution in [0.5, 0.6) is 0 Å². The summed E-state index contributed by atoms with van der Waals surface area (Å²) >= 11 is 0. The van der Waals surface area contributed by atoms with Gasteiger partial charge in [-0.3, -0.25) is 4.90 Å². The molecule has 3 rings (SSSR count). The Morgan fingerprint density at radius 2 is 1.71 bits per heavy atom. The van der Waals surface area contributed by atoms with Crippen LogP contribution in [0.25, 0.3) is 0 Å². The largest absolute Gasteiger partial charge is 0.381 e. The normalized spacial score (nSPS) is 43.1. The molecule has 2 aliphatic heterocycles. The molecule has 2 atom stereocenters. The number of piperidine rings is 1. The van der Waals surface area contributed by atoms with Crippen LogP contribution in [-0.4, -0.2) is 36.7 Å². The van der Waals surface area contributed by atoms with Crippen molar-refractivity contribution in [2.24, 2.45) is 5.92 Å². The van der Waals surface area contributed by atoms with Crippen LogP contribution in [0.15, 0.2) is 0 Å². The van der Waals surface area contributed by atoms with Crippen molar-refractivity contribution >= 4 is 0 Å². The summed E-state index contributed by atoms with van der Waals surface area (Å²) in [4.78, 5) is 2.80. The van der Waals surface area contributed by atoms with Crippen LogP contribution in [0.3, 0.4) is 0 Å². The highest BCUT2D eigenvalue weighted by Crippen LogP contribution is 2.40. The Morgan fingerprint density at radius 1 is 1.07 bits per heavy atom. The van der Waals surface area contributed by atoms with E-state index in [0.29, 0.717) is 6.10 Å². The highest BCUT2D eigenvalue weighted by Gasteiger charge is 2.42. The lowest BCUT2D eigenvalue weighted by Crippen LogP contribution is -2.46. The fourth-order valence-corrected chi connectivity index (χ4v) is 3.31. The minimum Gasteiger partial charge on any atom is -0.381 e. The topological polar surface area (TPSA) is 12.5 Å². The van der Waals surface area contributed by atoms with Crippen molar-refractivity contribution in [3.8, 4) is 0 Å². The predicted octanol–water partition coefficient (Wildman–Crippen LogP) is 2.04. The smallest absolute Gasteiger partial charge is 0.0601 e. The van der Waals surface area contributed by atoms with Gasteiger partial charge in [0, 0.05) is 25.7 Å². The summed E-state index contributed by atoms with van der Waals surface area (Å²) in [6.07, 6.45) is 8.98. The standard InChI is InChI=1S/C12H21NO/c1-14-12-6-10-4-5-11(7-12)13(10)8-9-2-3-9/h9-12H,2-8H2,1H3. The van der Waals surface area contributed by atoms with Gasteiger partial charge in [-0.25, -0.2) is 0 Å². The van der Waals surface area contributed by atoms with Crippen molar-refractivity contribution in [2.45, 2.75) is 56.7 Å². The first-order valence-electron chi connectivity index (χ1n) is 6.15. The molecule has 0 N–H and O–H groups in total. The molecular formula is C12H21NO. The zero-order valence-electron chi connectivity index (χ0n) is 9.11. The molecule has 0 spiro atoms. The fourth-order valence-electron chi connectivity index (χ4n) is 3.31. The minimum atomic E-state index is 0.558. The van der Waals surface area contributed by atoms with E-state index < -0.39 is 0 Å². The number of hydrogen-bond donors (Lipinski definition) is 0. The third-order valence-electron chi connectivity index (χ3n) is 4.34. The van der Waals surface area contributed by atoms with E-state index in [2.05, 4.69) is 4.90 Å². The van der Waals surface area contributed by atoms with Crippen molar-refractivity contribution in [2.75, 3.05) is 13.7 Å². The van der Waals surface area contributed by atoms with Gasteiger partial charge in [0.05, 0.1) is 6.10 Å². The molecule has 0 radical (unpaired) electrons. The van der Waals surface area contributed by atoms with Gasteiger partial charge in [-0.2, -0.15) is 0 Å². The van der Waals surface area contributed by atoms with Crippen LogP contribution in [-0.2, 0) is 4.74 Å². The Labute approximate surface area is 86.6 Å². The van der Waals surface area contributed by atoms with Crippen LogP contribution in [0.1, 0.15) is 38.5 Å². The number of hydrogen-bond acceptors (Lipinski definition) is 2. The van der Waals surface area contributed by atoms with Gasteiger partial charge >= 0.3 is 0 Å². The first kappa shape index (κ1) is 9.17. The molecule has 2 bridgehead atoms. The van der Waals surface area contributed by atoms with E-state index in [4.69, 9.17) is 4.74 Å². The fraction of sp³-hybridized carbons (Fsp3) is 1.00. The summed E-state index contributed by atoms with van der Waals surface area (Å²) in [7, 11) is 1.88. The second-order valence-electron chi connectivity index (χ2n) is 5.35. The molecule has 2 unspecified atom stereocenters. The lowest BCUT2D eigenvalue weighted by Gasteiger charge is -2.38. The Morgan fingerprint density at radius 3 is 2.21 bits per heavy atom. The lowest BCUT2D eigenvalue weighted by atomic mass is 9.99. The van der Waals surface area contributed by atoms with E-state index in [9.17, 15) is 0 Å². The summed E-state index contributed by atoms with van der Waals surface area (Å²) in [6, 6.07) is 1.72. The lowest BCUT2D eigenvalue weighted by molar-refractivity contribution is 0.00418. The predicted molar refractivity (Wildman–Crippen MR) is 56.3 cm³/mol. The van der Waals surface area contributed by atoms with Gasteiger partial charge < -0.3 is 4.74 Å². The summed E-state index contributed by atoms with van der Waals surface area (Å²) in [5, 5.41) is 0. The van der Waals surface area contributed by atoms with Crippen LogP contribution < -0.4 is 0 Å². The van der Waals surface area contributed by atoms with Crippen LogP contribution in [0.4, 0.5) is 0 Å². The summed E-state index contributed by atoms with van der Waals surface area (Å²) in [6.45, 7) is 1.39. The monoisotopic (exact) mass is 195 g/mol. The van der Waals surface area contributed by atoms with Crippen molar-refractivity contribution in [3.63, 3.8) is 0 Å². The number of methoxy groups -OCH3 is 1. The van der Waals surface area contributed by atoms with E-state index in [1.165, 1.54) is 45.1 Å². The molecule has 1 aliphatic carbocycles. The minimum absolute atomic E-state index is 0.558. The molecule has 1 saturated carbocycles. The highest BCUT2D eigenvalue weighted by molar-refractivity contribution is 4.97. The molecule has 2 heteroatoms. The molecule has 0 aromatic heterocycles. The molecule has 80 valence electrons. The number of fused-ring (bicyclic) bond motifs is 2. The number of nitrogens with zero attached hydrogens (tertiary/aromatic N) is 1. The second kappa shape index (κ2) is 3.49. The van der Waals surface area contributed by atoms with E-state index in [0.717, 1.165) is 18.0 Å². The zero-order chi connectivity index (χ0) is 9.54. The maximum atomic E-state index is 5.51. The summed E-state index contributed by atoms with van der Waals surface area (Å²) in [5.74, 6) is 1.05. The zero-order valence-corrected chi connectivity index (χ0v) is 9.11. The third-order valence-corrected chi connectivity index (χ3v) is 4.34. The molecular weight excluding hydrogens is 174 g/mol. The average Bonchev–Trinajstić information content (AvgIpc) is 2.95. The van der Waals surface area contributed by atoms with Gasteiger partial charge in [-0.05, 0) is 44.4 Å². The molecule has 14 heavy (non-hydrogen) atoms. The Bertz CT molecular complexity index is 200. The average molecular weight is 195 g/mol.